The van der Waals surface area contributed by atoms with E-state index in [-0.39, 0.29) is 23.1 Å². The monoisotopic (exact) mass is 548 g/mol. The SMILES string of the molecule is O=C(c1c[nH]c(S(=O)(=O)Cc2cncs2)n1)N1CCc2c(cccc2Nc2ccc(C(F)(F)F)nc2)C1. The maximum absolute atomic E-state index is 13.1. The molecule has 1 aromatic carbocycles. The molecule has 9 nitrogen and oxygen atoms in total. The van der Waals surface area contributed by atoms with Crippen LogP contribution in [0.5, 0.6) is 0 Å². The molecule has 0 aliphatic carbocycles. The molecular weight excluding hydrogens is 529 g/mol. The molecule has 37 heavy (non-hydrogen) atoms. The van der Waals surface area contributed by atoms with Crippen molar-refractivity contribution in [3.05, 3.63) is 81.8 Å². The normalized spacial score (nSPS) is 13.9. The standard InChI is InChI=1S/C23H19F3N6O3S2/c24-23(25,26)20-5-4-15(8-28-20)30-18-3-1-2-14-11-32(7-6-17(14)18)21(33)19-10-29-22(31-19)37(34,35)12-16-9-27-13-36-16/h1-5,8-10,13,30H,6-7,11-12H2,(H,29,31). The zero-order valence-corrected chi connectivity index (χ0v) is 20.6. The number of imidazole rings is 1. The van der Waals surface area contributed by atoms with Crippen molar-refractivity contribution in [1.29, 1.82) is 0 Å². The van der Waals surface area contributed by atoms with Crippen LogP contribution in [0.2, 0.25) is 0 Å². The molecule has 0 saturated heterocycles. The quantitative estimate of drug-likeness (QED) is 0.371. The summed E-state index contributed by atoms with van der Waals surface area (Å²) in [7, 11) is -3.76. The first-order valence-electron chi connectivity index (χ1n) is 11.0. The fourth-order valence-corrected chi connectivity index (χ4v) is 6.17. The van der Waals surface area contributed by atoms with E-state index in [1.165, 1.54) is 35.3 Å². The lowest BCUT2D eigenvalue weighted by molar-refractivity contribution is -0.141. The smallest absolute Gasteiger partial charge is 0.354 e. The molecule has 0 atom stereocenters. The number of aromatic amines is 1. The average Bonchev–Trinajstić information content (AvgIpc) is 3.56. The molecule has 3 aromatic heterocycles. The lowest BCUT2D eigenvalue weighted by Crippen LogP contribution is -2.36. The van der Waals surface area contributed by atoms with Crippen molar-refractivity contribution in [1.82, 2.24) is 24.8 Å². The van der Waals surface area contributed by atoms with Crippen molar-refractivity contribution in [2.75, 3.05) is 11.9 Å². The predicted octanol–water partition coefficient (Wildman–Crippen LogP) is 4.20. The fourth-order valence-electron chi connectivity index (χ4n) is 3.99. The number of thiazole rings is 1. The van der Waals surface area contributed by atoms with Crippen LogP contribution in [-0.2, 0) is 34.7 Å². The Morgan fingerprint density at radius 1 is 1.19 bits per heavy atom. The van der Waals surface area contributed by atoms with Crippen molar-refractivity contribution in [3.63, 3.8) is 0 Å². The van der Waals surface area contributed by atoms with E-state index in [4.69, 9.17) is 0 Å². The van der Waals surface area contributed by atoms with E-state index in [1.54, 1.807) is 11.0 Å². The molecule has 1 aliphatic heterocycles. The van der Waals surface area contributed by atoms with Gasteiger partial charge in [-0.15, -0.1) is 11.3 Å². The molecule has 0 unspecified atom stereocenters. The van der Waals surface area contributed by atoms with E-state index in [0.29, 0.717) is 29.2 Å². The fraction of sp³-hybridized carbons (Fsp3) is 0.217. The Hall–Kier alpha value is -3.78. The molecular formula is C23H19F3N6O3S2. The number of nitrogens with zero attached hydrogens (tertiary/aromatic N) is 4. The number of rotatable bonds is 6. The molecule has 0 bridgehead atoms. The third-order valence-electron chi connectivity index (χ3n) is 5.77. The van der Waals surface area contributed by atoms with E-state index in [9.17, 15) is 26.4 Å². The Balaban J connectivity index is 1.29. The van der Waals surface area contributed by atoms with Gasteiger partial charge < -0.3 is 15.2 Å². The van der Waals surface area contributed by atoms with Crippen LogP contribution in [0.3, 0.4) is 0 Å². The summed E-state index contributed by atoms with van der Waals surface area (Å²) in [6, 6.07) is 7.67. The lowest BCUT2D eigenvalue weighted by Gasteiger charge is -2.30. The van der Waals surface area contributed by atoms with Gasteiger partial charge in [0, 0.05) is 36.0 Å². The second kappa shape index (κ2) is 9.59. The highest BCUT2D eigenvalue weighted by Gasteiger charge is 2.32. The summed E-state index contributed by atoms with van der Waals surface area (Å²) >= 11 is 1.22. The first kappa shape index (κ1) is 24.9. The van der Waals surface area contributed by atoms with Gasteiger partial charge in [0.25, 0.3) is 5.91 Å². The average molecular weight is 549 g/mol. The minimum Gasteiger partial charge on any atom is -0.354 e. The van der Waals surface area contributed by atoms with E-state index in [1.807, 2.05) is 12.1 Å². The molecule has 0 fully saturated rings. The van der Waals surface area contributed by atoms with Gasteiger partial charge in [-0.2, -0.15) is 13.2 Å². The second-order valence-electron chi connectivity index (χ2n) is 8.29. The number of alkyl halides is 3. The van der Waals surface area contributed by atoms with Crippen LogP contribution in [0, 0.1) is 0 Å². The molecule has 0 spiro atoms. The molecule has 0 radical (unpaired) electrons. The number of nitrogens with one attached hydrogen (secondary N) is 2. The van der Waals surface area contributed by atoms with Gasteiger partial charge in [0.2, 0.25) is 15.0 Å². The number of aromatic nitrogens is 4. The molecule has 14 heteroatoms. The van der Waals surface area contributed by atoms with E-state index >= 15 is 0 Å². The zero-order chi connectivity index (χ0) is 26.2. The molecule has 4 aromatic rings. The summed E-state index contributed by atoms with van der Waals surface area (Å²) in [6.07, 6.45) is -0.147. The maximum Gasteiger partial charge on any atom is 0.433 e. The number of carbonyl (C=O) groups excluding carboxylic acids is 1. The summed E-state index contributed by atoms with van der Waals surface area (Å²) in [4.78, 5) is 29.2. The zero-order valence-electron chi connectivity index (χ0n) is 19.0. The molecule has 5 rings (SSSR count). The third-order valence-corrected chi connectivity index (χ3v) is 8.22. The van der Waals surface area contributed by atoms with E-state index in [2.05, 4.69) is 25.3 Å². The van der Waals surface area contributed by atoms with Crippen LogP contribution >= 0.6 is 11.3 Å². The number of halogens is 3. The van der Waals surface area contributed by atoms with E-state index in [0.717, 1.165) is 23.4 Å². The largest absolute Gasteiger partial charge is 0.433 e. The highest BCUT2D eigenvalue weighted by atomic mass is 32.2. The van der Waals surface area contributed by atoms with Crippen LogP contribution in [-0.4, -0.2) is 45.7 Å². The second-order valence-corrected chi connectivity index (χ2v) is 11.2. The first-order chi connectivity index (χ1) is 17.6. The predicted molar refractivity (Wildman–Crippen MR) is 129 cm³/mol. The van der Waals surface area contributed by atoms with Crippen molar-refractivity contribution < 1.29 is 26.4 Å². The van der Waals surface area contributed by atoms with Crippen molar-refractivity contribution in [2.24, 2.45) is 0 Å². The Bertz CT molecular complexity index is 1530. The van der Waals surface area contributed by atoms with E-state index < -0.39 is 27.6 Å². The Kier molecular flexibility index (Phi) is 6.45. The Labute approximate surface area is 213 Å². The summed E-state index contributed by atoms with van der Waals surface area (Å²) in [5.41, 5.74) is 3.47. The van der Waals surface area contributed by atoms with Crippen molar-refractivity contribution >= 4 is 38.5 Å². The summed E-state index contributed by atoms with van der Waals surface area (Å²) < 4.78 is 63.6. The highest BCUT2D eigenvalue weighted by molar-refractivity contribution is 7.90. The minimum atomic E-state index is -4.51. The summed E-state index contributed by atoms with van der Waals surface area (Å²) in [5.74, 6) is -0.674. The topological polar surface area (TPSA) is 121 Å². The number of benzene rings is 1. The minimum absolute atomic E-state index is 0.00330. The van der Waals surface area contributed by atoms with Crippen LogP contribution in [0.25, 0.3) is 0 Å². The number of H-pyrrole nitrogens is 1. The molecule has 0 saturated carbocycles. The Morgan fingerprint density at radius 3 is 2.73 bits per heavy atom. The van der Waals surface area contributed by atoms with Gasteiger partial charge in [-0.1, -0.05) is 12.1 Å². The van der Waals surface area contributed by atoms with Crippen LogP contribution in [0.4, 0.5) is 24.5 Å². The number of hydrogen-bond acceptors (Lipinski definition) is 8. The van der Waals surface area contributed by atoms with Gasteiger partial charge in [-0.25, -0.2) is 18.4 Å². The molecule has 1 amide bonds. The van der Waals surface area contributed by atoms with Gasteiger partial charge in [-0.3, -0.25) is 9.78 Å². The van der Waals surface area contributed by atoms with Crippen LogP contribution in [0.15, 0.2) is 59.6 Å². The molecule has 4 heterocycles. The van der Waals surface area contributed by atoms with Gasteiger partial charge in [0.1, 0.15) is 11.4 Å². The van der Waals surface area contributed by atoms with Gasteiger partial charge >= 0.3 is 6.18 Å². The number of anilines is 2. The molecule has 2 N–H and O–H groups in total. The lowest BCUT2D eigenvalue weighted by atomic mass is 9.97. The number of pyridine rings is 1. The number of hydrogen-bond donors (Lipinski definition) is 2. The number of amides is 1. The van der Waals surface area contributed by atoms with Gasteiger partial charge in [0.05, 0.1) is 23.1 Å². The van der Waals surface area contributed by atoms with Gasteiger partial charge in [0.15, 0.2) is 0 Å². The summed E-state index contributed by atoms with van der Waals surface area (Å²) in [5, 5.41) is 2.82. The Morgan fingerprint density at radius 2 is 2.03 bits per heavy atom. The summed E-state index contributed by atoms with van der Waals surface area (Å²) in [6.45, 7) is 0.621. The molecule has 1 aliphatic rings. The number of carbonyl (C=O) groups is 1. The van der Waals surface area contributed by atoms with Crippen molar-refractivity contribution in [2.45, 2.75) is 30.1 Å². The maximum atomic E-state index is 13.1. The molecule has 192 valence electrons. The highest BCUT2D eigenvalue weighted by Crippen LogP contribution is 2.31. The van der Waals surface area contributed by atoms with Crippen LogP contribution < -0.4 is 5.32 Å². The number of sulfone groups is 1. The first-order valence-corrected chi connectivity index (χ1v) is 13.5. The van der Waals surface area contributed by atoms with Gasteiger partial charge in [-0.05, 0) is 35.7 Å². The number of fused-ring (bicyclic) bond motifs is 1. The van der Waals surface area contributed by atoms with Crippen LogP contribution in [0.1, 0.15) is 32.2 Å². The third kappa shape index (κ3) is 5.34. The van der Waals surface area contributed by atoms with Crippen molar-refractivity contribution in [3.8, 4) is 0 Å².